The Morgan fingerprint density at radius 2 is 2.21 bits per heavy atom. The summed E-state index contributed by atoms with van der Waals surface area (Å²) in [5.41, 5.74) is 6.88. The lowest BCUT2D eigenvalue weighted by molar-refractivity contribution is -0.111. The number of nitrogens with one attached hydrogen (secondary N) is 1. The maximum atomic E-state index is 11.3. The lowest BCUT2D eigenvalue weighted by Gasteiger charge is -2.04. The van der Waals surface area contributed by atoms with E-state index in [0.29, 0.717) is 11.4 Å². The molecule has 1 aromatic rings. The highest BCUT2D eigenvalue weighted by Gasteiger charge is 1.99. The van der Waals surface area contributed by atoms with Crippen LogP contribution in [0.4, 0.5) is 11.4 Å². The second-order valence-electron chi connectivity index (χ2n) is 2.89. The predicted octanol–water partition coefficient (Wildman–Crippen LogP) is 2.17. The lowest BCUT2D eigenvalue weighted by Crippen LogP contribution is -2.09. The highest BCUT2D eigenvalue weighted by atomic mass is 16.1. The summed E-state index contributed by atoms with van der Waals surface area (Å²) in [5, 5.41) is 2.69. The number of carbonyl (C=O) groups excluding carboxylic acids is 1. The second kappa shape index (κ2) is 5.07. The predicted molar refractivity (Wildman–Crippen MR) is 58.9 cm³/mol. The lowest BCUT2D eigenvalue weighted by atomic mass is 10.2. The highest BCUT2D eigenvalue weighted by Crippen LogP contribution is 2.16. The minimum absolute atomic E-state index is 0.148. The van der Waals surface area contributed by atoms with Crippen molar-refractivity contribution in [2.75, 3.05) is 11.1 Å². The largest absolute Gasteiger partial charge is 0.397 e. The third-order valence-corrected chi connectivity index (χ3v) is 1.72. The van der Waals surface area contributed by atoms with E-state index in [2.05, 4.69) is 5.32 Å². The fraction of sp³-hybridized carbons (Fsp3) is 0.182. The smallest absolute Gasteiger partial charge is 0.248 e. The molecule has 0 spiro atoms. The van der Waals surface area contributed by atoms with Crippen LogP contribution in [-0.4, -0.2) is 5.91 Å². The molecule has 74 valence electrons. The molecule has 0 heterocycles. The monoisotopic (exact) mass is 190 g/mol. The van der Waals surface area contributed by atoms with E-state index in [1.807, 2.05) is 19.1 Å². The van der Waals surface area contributed by atoms with Crippen LogP contribution in [0.3, 0.4) is 0 Å². The first-order valence-corrected chi connectivity index (χ1v) is 4.56. The minimum Gasteiger partial charge on any atom is -0.397 e. The van der Waals surface area contributed by atoms with Crippen LogP contribution in [-0.2, 0) is 4.79 Å². The first kappa shape index (κ1) is 10.3. The van der Waals surface area contributed by atoms with Crippen molar-refractivity contribution in [2.24, 2.45) is 0 Å². The molecule has 0 saturated heterocycles. The Balaban J connectivity index is 2.65. The number of amides is 1. The van der Waals surface area contributed by atoms with Gasteiger partial charge in [-0.3, -0.25) is 4.79 Å². The summed E-state index contributed by atoms with van der Waals surface area (Å²) in [4.78, 5) is 11.3. The number of rotatable bonds is 3. The van der Waals surface area contributed by atoms with Crippen molar-refractivity contribution in [2.45, 2.75) is 13.3 Å². The third-order valence-electron chi connectivity index (χ3n) is 1.72. The van der Waals surface area contributed by atoms with Gasteiger partial charge in [-0.1, -0.05) is 25.1 Å². The first-order valence-electron chi connectivity index (χ1n) is 4.56. The Hall–Kier alpha value is -1.77. The number of hydrogen-bond acceptors (Lipinski definition) is 2. The number of carbonyl (C=O) groups is 1. The molecule has 0 aliphatic heterocycles. The maximum absolute atomic E-state index is 11.3. The number of allylic oxidation sites excluding steroid dienone is 1. The third kappa shape index (κ3) is 2.94. The Labute approximate surface area is 83.6 Å². The molecule has 0 aliphatic carbocycles. The van der Waals surface area contributed by atoms with Crippen LogP contribution in [0.1, 0.15) is 13.3 Å². The van der Waals surface area contributed by atoms with Crippen LogP contribution in [0.2, 0.25) is 0 Å². The first-order chi connectivity index (χ1) is 6.74. The summed E-state index contributed by atoms with van der Waals surface area (Å²) >= 11 is 0. The molecular formula is C11H14N2O. The van der Waals surface area contributed by atoms with Gasteiger partial charge in [0, 0.05) is 0 Å². The van der Waals surface area contributed by atoms with Gasteiger partial charge in [-0.05, 0) is 24.6 Å². The summed E-state index contributed by atoms with van der Waals surface area (Å²) in [6.07, 6.45) is 4.15. The van der Waals surface area contributed by atoms with Crippen molar-refractivity contribution in [3.8, 4) is 0 Å². The number of nitrogen functional groups attached to an aromatic ring is 1. The molecule has 0 saturated carbocycles. The van der Waals surface area contributed by atoms with Gasteiger partial charge < -0.3 is 11.1 Å². The quantitative estimate of drug-likeness (QED) is 0.567. The van der Waals surface area contributed by atoms with Gasteiger partial charge in [-0.2, -0.15) is 0 Å². The van der Waals surface area contributed by atoms with E-state index in [-0.39, 0.29) is 5.91 Å². The molecule has 0 unspecified atom stereocenters. The zero-order chi connectivity index (χ0) is 10.4. The second-order valence-corrected chi connectivity index (χ2v) is 2.89. The number of para-hydroxylation sites is 2. The van der Waals surface area contributed by atoms with Crippen LogP contribution >= 0.6 is 0 Å². The van der Waals surface area contributed by atoms with E-state index in [9.17, 15) is 4.79 Å². The summed E-state index contributed by atoms with van der Waals surface area (Å²) in [7, 11) is 0. The van der Waals surface area contributed by atoms with Crippen molar-refractivity contribution in [3.63, 3.8) is 0 Å². The molecule has 0 aliphatic rings. The number of anilines is 2. The Morgan fingerprint density at radius 3 is 2.86 bits per heavy atom. The molecule has 0 atom stereocenters. The van der Waals surface area contributed by atoms with Crippen LogP contribution < -0.4 is 11.1 Å². The zero-order valence-electron chi connectivity index (χ0n) is 8.16. The Kier molecular flexibility index (Phi) is 3.73. The molecule has 3 N–H and O–H groups in total. The van der Waals surface area contributed by atoms with Gasteiger partial charge in [0.15, 0.2) is 0 Å². The molecule has 0 fully saturated rings. The van der Waals surface area contributed by atoms with E-state index in [0.717, 1.165) is 6.42 Å². The van der Waals surface area contributed by atoms with Crippen molar-refractivity contribution in [3.05, 3.63) is 36.4 Å². The molecule has 3 heteroatoms. The average molecular weight is 190 g/mol. The van der Waals surface area contributed by atoms with Gasteiger partial charge >= 0.3 is 0 Å². The standard InChI is InChI=1S/C11H14N2O/c1-2-3-8-11(14)13-10-7-5-4-6-9(10)12/h3-8H,2,12H2,1H3,(H,13,14)/b8-3+. The molecule has 0 radical (unpaired) electrons. The normalized spacial score (nSPS) is 10.4. The van der Waals surface area contributed by atoms with Crippen LogP contribution in [0.15, 0.2) is 36.4 Å². The van der Waals surface area contributed by atoms with E-state index >= 15 is 0 Å². The van der Waals surface area contributed by atoms with Crippen molar-refractivity contribution >= 4 is 17.3 Å². The summed E-state index contributed by atoms with van der Waals surface area (Å²) in [5.74, 6) is -0.148. The van der Waals surface area contributed by atoms with E-state index in [4.69, 9.17) is 5.73 Å². The topological polar surface area (TPSA) is 55.1 Å². The number of hydrogen-bond donors (Lipinski definition) is 2. The van der Waals surface area contributed by atoms with Crippen LogP contribution in [0.25, 0.3) is 0 Å². The molecular weight excluding hydrogens is 176 g/mol. The van der Waals surface area contributed by atoms with Crippen molar-refractivity contribution in [1.29, 1.82) is 0 Å². The Bertz CT molecular complexity index is 345. The van der Waals surface area contributed by atoms with E-state index in [1.165, 1.54) is 6.08 Å². The summed E-state index contributed by atoms with van der Waals surface area (Å²) in [6, 6.07) is 7.18. The molecule has 1 rings (SSSR count). The van der Waals surface area contributed by atoms with Gasteiger partial charge in [0.1, 0.15) is 0 Å². The molecule has 0 bridgehead atoms. The highest BCUT2D eigenvalue weighted by molar-refractivity contribution is 6.01. The number of benzene rings is 1. The van der Waals surface area contributed by atoms with Crippen LogP contribution in [0.5, 0.6) is 0 Å². The zero-order valence-corrected chi connectivity index (χ0v) is 8.16. The fourth-order valence-electron chi connectivity index (χ4n) is 1.01. The van der Waals surface area contributed by atoms with Crippen molar-refractivity contribution in [1.82, 2.24) is 0 Å². The van der Waals surface area contributed by atoms with Gasteiger partial charge in [0.05, 0.1) is 11.4 Å². The van der Waals surface area contributed by atoms with E-state index < -0.39 is 0 Å². The number of nitrogens with two attached hydrogens (primary N) is 1. The summed E-state index contributed by atoms with van der Waals surface area (Å²) < 4.78 is 0. The molecule has 1 aromatic carbocycles. The van der Waals surface area contributed by atoms with Gasteiger partial charge in [-0.25, -0.2) is 0 Å². The molecule has 14 heavy (non-hydrogen) atoms. The van der Waals surface area contributed by atoms with Crippen LogP contribution in [0, 0.1) is 0 Å². The summed E-state index contributed by atoms with van der Waals surface area (Å²) in [6.45, 7) is 1.97. The molecule has 3 nitrogen and oxygen atoms in total. The van der Waals surface area contributed by atoms with Crippen molar-refractivity contribution < 1.29 is 4.79 Å². The fourth-order valence-corrected chi connectivity index (χ4v) is 1.01. The Morgan fingerprint density at radius 1 is 1.50 bits per heavy atom. The van der Waals surface area contributed by atoms with Gasteiger partial charge in [-0.15, -0.1) is 0 Å². The molecule has 1 amide bonds. The van der Waals surface area contributed by atoms with E-state index in [1.54, 1.807) is 18.2 Å². The maximum Gasteiger partial charge on any atom is 0.248 e. The average Bonchev–Trinajstić information content (AvgIpc) is 2.18. The SMILES string of the molecule is CC/C=C/C(=O)Nc1ccccc1N. The van der Waals surface area contributed by atoms with Gasteiger partial charge in [0.2, 0.25) is 5.91 Å². The molecule has 0 aromatic heterocycles. The van der Waals surface area contributed by atoms with Gasteiger partial charge in [0.25, 0.3) is 0 Å². The minimum atomic E-state index is -0.148.